The standard InChI is InChI=1S/C10H19NO/c1-2-3-7-12-8-5-10-4-6-11-9-10/h2,10-11H,1,3-9H2. The van der Waals surface area contributed by atoms with E-state index in [9.17, 15) is 0 Å². The van der Waals surface area contributed by atoms with E-state index >= 15 is 0 Å². The molecule has 2 heteroatoms. The van der Waals surface area contributed by atoms with Gasteiger partial charge < -0.3 is 10.1 Å². The van der Waals surface area contributed by atoms with Gasteiger partial charge in [-0.2, -0.15) is 0 Å². The molecule has 1 rings (SSSR count). The van der Waals surface area contributed by atoms with Crippen LogP contribution in [-0.4, -0.2) is 26.3 Å². The Balaban J connectivity index is 1.84. The molecule has 12 heavy (non-hydrogen) atoms. The lowest BCUT2D eigenvalue weighted by Gasteiger charge is -2.07. The summed E-state index contributed by atoms with van der Waals surface area (Å²) in [6.07, 6.45) is 5.41. The first-order valence-corrected chi connectivity index (χ1v) is 4.83. The predicted molar refractivity (Wildman–Crippen MR) is 51.2 cm³/mol. The molecule has 0 amide bonds. The van der Waals surface area contributed by atoms with E-state index < -0.39 is 0 Å². The number of nitrogens with one attached hydrogen (secondary N) is 1. The van der Waals surface area contributed by atoms with Crippen LogP contribution in [0.1, 0.15) is 19.3 Å². The Labute approximate surface area is 75.0 Å². The van der Waals surface area contributed by atoms with Crippen molar-refractivity contribution in [1.29, 1.82) is 0 Å². The molecule has 0 radical (unpaired) electrons. The number of hydrogen-bond donors (Lipinski definition) is 1. The van der Waals surface area contributed by atoms with Crippen LogP contribution in [0, 0.1) is 5.92 Å². The molecule has 0 spiro atoms. The first kappa shape index (κ1) is 9.75. The molecule has 0 saturated carbocycles. The monoisotopic (exact) mass is 169 g/mol. The van der Waals surface area contributed by atoms with Gasteiger partial charge in [-0.05, 0) is 38.3 Å². The van der Waals surface area contributed by atoms with Gasteiger partial charge in [0, 0.05) is 13.2 Å². The second-order valence-electron chi connectivity index (χ2n) is 3.34. The van der Waals surface area contributed by atoms with Crippen LogP contribution < -0.4 is 5.32 Å². The summed E-state index contributed by atoms with van der Waals surface area (Å²) in [7, 11) is 0. The van der Waals surface area contributed by atoms with Crippen LogP contribution in [0.4, 0.5) is 0 Å². The van der Waals surface area contributed by atoms with E-state index in [2.05, 4.69) is 11.9 Å². The van der Waals surface area contributed by atoms with Gasteiger partial charge in [-0.15, -0.1) is 6.58 Å². The number of rotatable bonds is 6. The van der Waals surface area contributed by atoms with Crippen LogP contribution in [0.5, 0.6) is 0 Å². The Bertz CT molecular complexity index is 119. The van der Waals surface area contributed by atoms with Gasteiger partial charge in [-0.1, -0.05) is 6.08 Å². The Morgan fingerprint density at radius 1 is 1.50 bits per heavy atom. The molecule has 70 valence electrons. The predicted octanol–water partition coefficient (Wildman–Crippen LogP) is 1.58. The zero-order chi connectivity index (χ0) is 8.65. The molecule has 0 aromatic rings. The quantitative estimate of drug-likeness (QED) is 0.481. The van der Waals surface area contributed by atoms with Crippen molar-refractivity contribution < 1.29 is 4.74 Å². The maximum Gasteiger partial charge on any atom is 0.0500 e. The topological polar surface area (TPSA) is 21.3 Å². The largest absolute Gasteiger partial charge is 0.381 e. The smallest absolute Gasteiger partial charge is 0.0500 e. The summed E-state index contributed by atoms with van der Waals surface area (Å²) in [4.78, 5) is 0. The normalized spacial score (nSPS) is 22.8. The van der Waals surface area contributed by atoms with Crippen molar-refractivity contribution in [1.82, 2.24) is 5.32 Å². The highest BCUT2D eigenvalue weighted by molar-refractivity contribution is 4.70. The third kappa shape index (κ3) is 3.88. The average Bonchev–Trinajstić information content (AvgIpc) is 2.57. The molecular weight excluding hydrogens is 150 g/mol. The minimum absolute atomic E-state index is 0.837. The van der Waals surface area contributed by atoms with Crippen molar-refractivity contribution in [2.24, 2.45) is 5.92 Å². The number of ether oxygens (including phenoxy) is 1. The van der Waals surface area contributed by atoms with Gasteiger partial charge in [-0.25, -0.2) is 0 Å². The van der Waals surface area contributed by atoms with Gasteiger partial charge in [0.05, 0.1) is 0 Å². The first-order valence-electron chi connectivity index (χ1n) is 4.83. The second-order valence-corrected chi connectivity index (χ2v) is 3.34. The minimum atomic E-state index is 0.837. The third-order valence-corrected chi connectivity index (χ3v) is 2.30. The average molecular weight is 169 g/mol. The van der Waals surface area contributed by atoms with Crippen molar-refractivity contribution in [2.75, 3.05) is 26.3 Å². The Morgan fingerprint density at radius 2 is 2.42 bits per heavy atom. The van der Waals surface area contributed by atoms with Crippen LogP contribution in [0.2, 0.25) is 0 Å². The molecule has 1 saturated heterocycles. The van der Waals surface area contributed by atoms with Gasteiger partial charge in [0.1, 0.15) is 0 Å². The van der Waals surface area contributed by atoms with Crippen LogP contribution >= 0.6 is 0 Å². The summed E-state index contributed by atoms with van der Waals surface area (Å²) >= 11 is 0. The molecule has 0 aromatic heterocycles. The maximum atomic E-state index is 5.44. The molecule has 0 aliphatic carbocycles. The molecule has 1 atom stereocenters. The molecule has 1 aliphatic rings. The van der Waals surface area contributed by atoms with Crippen molar-refractivity contribution in [2.45, 2.75) is 19.3 Å². The lowest BCUT2D eigenvalue weighted by molar-refractivity contribution is 0.126. The van der Waals surface area contributed by atoms with E-state index in [-0.39, 0.29) is 0 Å². The van der Waals surface area contributed by atoms with Gasteiger partial charge in [0.25, 0.3) is 0 Å². The highest BCUT2D eigenvalue weighted by Crippen LogP contribution is 2.11. The molecule has 1 aliphatic heterocycles. The van der Waals surface area contributed by atoms with E-state index in [4.69, 9.17) is 4.74 Å². The van der Waals surface area contributed by atoms with Gasteiger partial charge in [0.2, 0.25) is 0 Å². The molecule has 1 N–H and O–H groups in total. The fourth-order valence-electron chi connectivity index (χ4n) is 1.48. The fourth-order valence-corrected chi connectivity index (χ4v) is 1.48. The van der Waals surface area contributed by atoms with E-state index in [1.54, 1.807) is 0 Å². The Kier molecular flexibility index (Phi) is 5.04. The summed E-state index contributed by atoms with van der Waals surface area (Å²) in [6, 6.07) is 0. The Hall–Kier alpha value is -0.340. The molecular formula is C10H19NO. The first-order chi connectivity index (χ1) is 5.93. The molecule has 1 heterocycles. The molecule has 1 unspecified atom stereocenters. The summed E-state index contributed by atoms with van der Waals surface area (Å²) in [5, 5.41) is 3.35. The lowest BCUT2D eigenvalue weighted by atomic mass is 10.1. The van der Waals surface area contributed by atoms with Gasteiger partial charge in [-0.3, -0.25) is 0 Å². The van der Waals surface area contributed by atoms with E-state index in [0.717, 1.165) is 25.6 Å². The molecule has 0 bridgehead atoms. The van der Waals surface area contributed by atoms with E-state index in [1.807, 2.05) is 6.08 Å². The summed E-state index contributed by atoms with van der Waals surface area (Å²) < 4.78 is 5.44. The summed E-state index contributed by atoms with van der Waals surface area (Å²) in [5.41, 5.74) is 0. The van der Waals surface area contributed by atoms with E-state index in [1.165, 1.54) is 25.9 Å². The molecule has 2 nitrogen and oxygen atoms in total. The van der Waals surface area contributed by atoms with Crippen molar-refractivity contribution in [3.63, 3.8) is 0 Å². The SMILES string of the molecule is C=CCCOCCC1CCNC1. The molecule has 1 fully saturated rings. The van der Waals surface area contributed by atoms with Crippen molar-refractivity contribution in [3.8, 4) is 0 Å². The van der Waals surface area contributed by atoms with Crippen LogP contribution in [0.15, 0.2) is 12.7 Å². The highest BCUT2D eigenvalue weighted by atomic mass is 16.5. The minimum Gasteiger partial charge on any atom is -0.381 e. The maximum absolute atomic E-state index is 5.44. The van der Waals surface area contributed by atoms with Gasteiger partial charge >= 0.3 is 0 Å². The van der Waals surface area contributed by atoms with E-state index in [0.29, 0.717) is 0 Å². The van der Waals surface area contributed by atoms with Crippen molar-refractivity contribution in [3.05, 3.63) is 12.7 Å². The molecule has 0 aromatic carbocycles. The van der Waals surface area contributed by atoms with Crippen LogP contribution in [-0.2, 0) is 4.74 Å². The number of hydrogen-bond acceptors (Lipinski definition) is 2. The Morgan fingerprint density at radius 3 is 3.08 bits per heavy atom. The van der Waals surface area contributed by atoms with Crippen LogP contribution in [0.3, 0.4) is 0 Å². The van der Waals surface area contributed by atoms with Crippen molar-refractivity contribution >= 4 is 0 Å². The summed E-state index contributed by atoms with van der Waals surface area (Å²) in [6.45, 7) is 7.78. The lowest BCUT2D eigenvalue weighted by Crippen LogP contribution is -2.10. The summed E-state index contributed by atoms with van der Waals surface area (Å²) in [5.74, 6) is 0.855. The van der Waals surface area contributed by atoms with Gasteiger partial charge in [0.15, 0.2) is 0 Å². The van der Waals surface area contributed by atoms with Crippen LogP contribution in [0.25, 0.3) is 0 Å². The zero-order valence-corrected chi connectivity index (χ0v) is 7.72. The zero-order valence-electron chi connectivity index (χ0n) is 7.72. The fraction of sp³-hybridized carbons (Fsp3) is 0.800. The highest BCUT2D eigenvalue weighted by Gasteiger charge is 2.13. The third-order valence-electron chi connectivity index (χ3n) is 2.30. The second kappa shape index (κ2) is 6.21.